The number of para-hydroxylation sites is 5. The summed E-state index contributed by atoms with van der Waals surface area (Å²) in [5.41, 5.74) is 14.7. The second-order valence-corrected chi connectivity index (χ2v) is 15.9. The summed E-state index contributed by atoms with van der Waals surface area (Å²) in [5, 5.41) is 4.87. The van der Waals surface area contributed by atoms with Gasteiger partial charge < -0.3 is 14.0 Å². The Morgan fingerprint density at radius 1 is 0.333 bits per heavy atom. The van der Waals surface area contributed by atoms with E-state index in [2.05, 4.69) is 220 Å². The quantitative estimate of drug-likeness (QED) is 0.154. The van der Waals surface area contributed by atoms with Gasteiger partial charge in [-0.2, -0.15) is 0 Å². The van der Waals surface area contributed by atoms with Crippen LogP contribution < -0.4 is 4.90 Å². The van der Waals surface area contributed by atoms with Gasteiger partial charge in [-0.25, -0.2) is 9.97 Å². The zero-order chi connectivity index (χ0) is 41.7. The summed E-state index contributed by atoms with van der Waals surface area (Å²) < 4.78 is 4.80. The van der Waals surface area contributed by atoms with Crippen LogP contribution in [0.5, 0.6) is 0 Å². The summed E-state index contributed by atoms with van der Waals surface area (Å²) in [6.07, 6.45) is 1.99. The molecule has 0 N–H and O–H groups in total. The summed E-state index contributed by atoms with van der Waals surface area (Å²) in [6, 6.07) is 81.9. The van der Waals surface area contributed by atoms with E-state index in [1.54, 1.807) is 0 Å². The van der Waals surface area contributed by atoms with Crippen LogP contribution in [0.3, 0.4) is 0 Å². The lowest BCUT2D eigenvalue weighted by atomic mass is 10.0. The Balaban J connectivity index is 1.16. The summed E-state index contributed by atoms with van der Waals surface area (Å²) in [7, 11) is 0. The second kappa shape index (κ2) is 15.2. The minimum atomic E-state index is 0.674. The van der Waals surface area contributed by atoms with E-state index in [1.165, 1.54) is 27.1 Å². The first-order valence-corrected chi connectivity index (χ1v) is 21.3. The van der Waals surface area contributed by atoms with Gasteiger partial charge in [0.15, 0.2) is 5.82 Å². The maximum absolute atomic E-state index is 5.35. The van der Waals surface area contributed by atoms with Crippen molar-refractivity contribution in [2.45, 2.75) is 0 Å². The third-order valence-electron chi connectivity index (χ3n) is 12.1. The molecule has 5 heteroatoms. The minimum Gasteiger partial charge on any atom is -0.309 e. The fraction of sp³-hybridized carbons (Fsp3) is 0. The van der Waals surface area contributed by atoms with Crippen molar-refractivity contribution in [3.63, 3.8) is 0 Å². The molecular formula is C58H39N5. The van der Waals surface area contributed by atoms with Gasteiger partial charge in [-0.15, -0.1) is 0 Å². The Bertz CT molecular complexity index is 3560. The van der Waals surface area contributed by atoms with Gasteiger partial charge in [0, 0.05) is 55.4 Å². The van der Waals surface area contributed by atoms with Crippen LogP contribution >= 0.6 is 0 Å². The van der Waals surface area contributed by atoms with Gasteiger partial charge >= 0.3 is 0 Å². The van der Waals surface area contributed by atoms with E-state index in [0.29, 0.717) is 5.82 Å². The molecule has 12 aromatic rings. The average Bonchev–Trinajstić information content (AvgIpc) is 3.88. The molecule has 0 saturated carbocycles. The molecule has 0 amide bonds. The predicted octanol–water partition coefficient (Wildman–Crippen LogP) is 15.1. The number of benzene rings is 9. The van der Waals surface area contributed by atoms with Gasteiger partial charge in [-0.05, 0) is 77.9 Å². The molecule has 0 spiro atoms. The average molecular weight is 806 g/mol. The number of fused-ring (bicyclic) bond motifs is 6. The van der Waals surface area contributed by atoms with Crippen LogP contribution in [0.2, 0.25) is 0 Å². The summed E-state index contributed by atoms with van der Waals surface area (Å²) in [4.78, 5) is 12.7. The van der Waals surface area contributed by atoms with E-state index in [-0.39, 0.29) is 0 Å². The Labute approximate surface area is 365 Å². The minimum absolute atomic E-state index is 0.674. The number of hydrogen-bond acceptors (Lipinski definition) is 3. The molecule has 0 aliphatic rings. The highest BCUT2D eigenvalue weighted by atomic mass is 15.2. The fourth-order valence-corrected chi connectivity index (χ4v) is 9.30. The van der Waals surface area contributed by atoms with E-state index in [4.69, 9.17) is 9.97 Å². The highest BCUT2D eigenvalue weighted by Crippen LogP contribution is 2.44. The van der Waals surface area contributed by atoms with E-state index in [0.717, 1.165) is 72.9 Å². The Morgan fingerprint density at radius 3 is 1.46 bits per heavy atom. The van der Waals surface area contributed by atoms with Crippen LogP contribution in [0.4, 0.5) is 17.1 Å². The molecule has 0 unspecified atom stereocenters. The highest BCUT2D eigenvalue weighted by molar-refractivity contribution is 6.11. The van der Waals surface area contributed by atoms with Gasteiger partial charge in [0.2, 0.25) is 0 Å². The van der Waals surface area contributed by atoms with Crippen LogP contribution in [0.25, 0.3) is 88.8 Å². The van der Waals surface area contributed by atoms with Crippen molar-refractivity contribution < 1.29 is 0 Å². The smallest absolute Gasteiger partial charge is 0.159 e. The van der Waals surface area contributed by atoms with Crippen LogP contribution in [0.15, 0.2) is 237 Å². The van der Waals surface area contributed by atoms with Crippen LogP contribution in [0, 0.1) is 0 Å². The normalized spacial score (nSPS) is 11.5. The molecule has 0 atom stereocenters. The zero-order valence-electron chi connectivity index (χ0n) is 34.3. The van der Waals surface area contributed by atoms with Crippen LogP contribution in [0.1, 0.15) is 0 Å². The molecule has 0 aliphatic carbocycles. The molecule has 5 nitrogen and oxygen atoms in total. The van der Waals surface area contributed by atoms with Crippen molar-refractivity contribution in [1.29, 1.82) is 0 Å². The summed E-state index contributed by atoms with van der Waals surface area (Å²) in [5.74, 6) is 0.674. The van der Waals surface area contributed by atoms with Crippen molar-refractivity contribution in [1.82, 2.24) is 19.1 Å². The Hall–Kier alpha value is -8.54. The van der Waals surface area contributed by atoms with Crippen molar-refractivity contribution >= 4 is 60.7 Å². The molecule has 0 saturated heterocycles. The molecular weight excluding hydrogens is 767 g/mol. The Kier molecular flexibility index (Phi) is 8.75. The molecule has 0 radical (unpaired) electrons. The van der Waals surface area contributed by atoms with E-state index >= 15 is 0 Å². The second-order valence-electron chi connectivity index (χ2n) is 15.9. The lowest BCUT2D eigenvalue weighted by Crippen LogP contribution is -2.13. The molecule has 12 rings (SSSR count). The number of aromatic nitrogens is 4. The third kappa shape index (κ3) is 6.25. The van der Waals surface area contributed by atoms with Crippen molar-refractivity contribution in [3.05, 3.63) is 237 Å². The number of anilines is 3. The van der Waals surface area contributed by atoms with Gasteiger partial charge in [0.25, 0.3) is 0 Å². The summed E-state index contributed by atoms with van der Waals surface area (Å²) in [6.45, 7) is 0. The SMILES string of the molecule is c1ccc(-c2ncc(N(c3ccccc3)c3cc(-c4ccc5c6ccccc6n(-c6ccccc6)c5c4)cc(-n4c5ccccc5c5ccccc54)c3)c(-c3ccccc3)n2)cc1. The molecule has 3 heterocycles. The number of hydrogen-bond donors (Lipinski definition) is 0. The summed E-state index contributed by atoms with van der Waals surface area (Å²) >= 11 is 0. The maximum Gasteiger partial charge on any atom is 0.159 e. The van der Waals surface area contributed by atoms with E-state index in [9.17, 15) is 0 Å². The number of nitrogens with zero attached hydrogens (tertiary/aromatic N) is 5. The topological polar surface area (TPSA) is 38.9 Å². The third-order valence-corrected chi connectivity index (χ3v) is 12.1. The monoisotopic (exact) mass is 805 g/mol. The maximum atomic E-state index is 5.35. The lowest BCUT2D eigenvalue weighted by molar-refractivity contribution is 1.13. The lowest BCUT2D eigenvalue weighted by Gasteiger charge is -2.28. The zero-order valence-corrected chi connectivity index (χ0v) is 34.3. The first kappa shape index (κ1) is 36.3. The first-order valence-electron chi connectivity index (χ1n) is 21.3. The molecule has 9 aromatic carbocycles. The molecule has 296 valence electrons. The first-order chi connectivity index (χ1) is 31.3. The van der Waals surface area contributed by atoms with Gasteiger partial charge in [0.05, 0.1) is 39.6 Å². The van der Waals surface area contributed by atoms with Gasteiger partial charge in [0.1, 0.15) is 0 Å². The fourth-order valence-electron chi connectivity index (χ4n) is 9.30. The van der Waals surface area contributed by atoms with E-state index < -0.39 is 0 Å². The van der Waals surface area contributed by atoms with Crippen molar-refractivity contribution in [2.24, 2.45) is 0 Å². The largest absolute Gasteiger partial charge is 0.309 e. The highest BCUT2D eigenvalue weighted by Gasteiger charge is 2.23. The predicted molar refractivity (Wildman–Crippen MR) is 262 cm³/mol. The van der Waals surface area contributed by atoms with Crippen molar-refractivity contribution in [3.8, 4) is 45.1 Å². The van der Waals surface area contributed by atoms with Gasteiger partial charge in [-0.3, -0.25) is 0 Å². The molecule has 0 bridgehead atoms. The Morgan fingerprint density at radius 2 is 0.841 bits per heavy atom. The van der Waals surface area contributed by atoms with Crippen molar-refractivity contribution in [2.75, 3.05) is 4.90 Å². The van der Waals surface area contributed by atoms with Crippen LogP contribution in [-0.4, -0.2) is 19.1 Å². The van der Waals surface area contributed by atoms with E-state index in [1.807, 2.05) is 30.5 Å². The number of rotatable bonds is 8. The standard InChI is InChI=1S/C58H39N5/c1-5-19-40(20-6-1)57-56(39-59-58(60-57)41-21-7-2-8-22-41)61(44-23-9-3-10-24-44)46-35-43(36-47(38-46)63-53-31-17-13-27-48(53)49-28-14-18-32-54(49)63)42-33-34-51-50-29-15-16-30-52(50)62(55(51)37-42)45-25-11-4-12-26-45/h1-39H. The van der Waals surface area contributed by atoms with Gasteiger partial charge in [-0.1, -0.05) is 164 Å². The molecule has 3 aromatic heterocycles. The molecule has 0 fully saturated rings. The van der Waals surface area contributed by atoms with Crippen LogP contribution in [-0.2, 0) is 0 Å². The molecule has 0 aliphatic heterocycles. The molecule has 63 heavy (non-hydrogen) atoms.